The molecular weight excluding hydrogens is 276 g/mol. The molecule has 0 radical (unpaired) electrons. The lowest BCUT2D eigenvalue weighted by atomic mass is 9.78. The van der Waals surface area contributed by atoms with Crippen molar-refractivity contribution in [2.24, 2.45) is 17.6 Å². The highest BCUT2D eigenvalue weighted by Crippen LogP contribution is 2.29. The van der Waals surface area contributed by atoms with Crippen LogP contribution in [0.4, 0.5) is 0 Å². The third kappa shape index (κ3) is 4.19. The molecule has 0 spiro atoms. The summed E-state index contributed by atoms with van der Waals surface area (Å²) in [6, 6.07) is 0.0000207. The minimum Gasteiger partial charge on any atom is -0.352 e. The highest BCUT2D eigenvalue weighted by molar-refractivity contribution is 7.91. The Hall–Kier alpha value is -0.620. The van der Waals surface area contributed by atoms with E-state index in [1.807, 2.05) is 6.92 Å². The van der Waals surface area contributed by atoms with Crippen LogP contribution in [0.1, 0.15) is 45.4 Å². The van der Waals surface area contributed by atoms with Gasteiger partial charge in [0.1, 0.15) is 0 Å². The summed E-state index contributed by atoms with van der Waals surface area (Å²) >= 11 is 0. The normalized spacial score (nSPS) is 35.2. The van der Waals surface area contributed by atoms with Crippen molar-refractivity contribution in [3.63, 3.8) is 0 Å². The molecule has 3 N–H and O–H groups in total. The minimum absolute atomic E-state index is 0.00815. The van der Waals surface area contributed by atoms with Crippen LogP contribution in [0.5, 0.6) is 0 Å². The molecule has 1 aliphatic carbocycles. The average Bonchev–Trinajstić information content (AvgIpc) is 2.36. The van der Waals surface area contributed by atoms with Crippen molar-refractivity contribution < 1.29 is 13.2 Å². The molecule has 0 aromatic rings. The van der Waals surface area contributed by atoms with E-state index in [4.69, 9.17) is 5.73 Å². The second-order valence-electron chi connectivity index (χ2n) is 6.44. The monoisotopic (exact) mass is 302 g/mol. The molecule has 0 aromatic carbocycles. The van der Waals surface area contributed by atoms with Crippen LogP contribution in [-0.2, 0) is 14.6 Å². The number of carbonyl (C=O) groups excluding carboxylic acids is 1. The van der Waals surface area contributed by atoms with Crippen molar-refractivity contribution in [1.82, 2.24) is 5.32 Å². The first-order chi connectivity index (χ1) is 9.37. The molecule has 1 amide bonds. The van der Waals surface area contributed by atoms with Crippen molar-refractivity contribution in [2.75, 3.05) is 11.5 Å². The number of amides is 1. The van der Waals surface area contributed by atoms with Crippen LogP contribution in [0, 0.1) is 11.8 Å². The Kier molecular flexibility index (Phi) is 5.07. The lowest BCUT2D eigenvalue weighted by molar-refractivity contribution is -0.127. The van der Waals surface area contributed by atoms with Crippen molar-refractivity contribution in [3.05, 3.63) is 0 Å². The third-order valence-corrected chi connectivity index (χ3v) is 6.51. The van der Waals surface area contributed by atoms with Crippen LogP contribution in [0.2, 0.25) is 0 Å². The Morgan fingerprint density at radius 1 is 1.25 bits per heavy atom. The van der Waals surface area contributed by atoms with Crippen LogP contribution in [-0.4, -0.2) is 37.9 Å². The molecule has 20 heavy (non-hydrogen) atoms. The van der Waals surface area contributed by atoms with E-state index < -0.39 is 9.84 Å². The Bertz CT molecular complexity index is 449. The smallest absolute Gasteiger partial charge is 0.223 e. The molecule has 4 atom stereocenters. The summed E-state index contributed by atoms with van der Waals surface area (Å²) in [5.74, 6) is 0.596. The van der Waals surface area contributed by atoms with Gasteiger partial charge in [0, 0.05) is 18.0 Å². The van der Waals surface area contributed by atoms with Gasteiger partial charge in [0.25, 0.3) is 0 Å². The van der Waals surface area contributed by atoms with Gasteiger partial charge in [0.05, 0.1) is 11.5 Å². The molecule has 1 aliphatic heterocycles. The number of nitrogens with one attached hydrogen (secondary N) is 1. The van der Waals surface area contributed by atoms with Crippen molar-refractivity contribution in [3.8, 4) is 0 Å². The van der Waals surface area contributed by atoms with E-state index in [0.29, 0.717) is 12.3 Å². The fourth-order valence-corrected chi connectivity index (χ4v) is 5.04. The predicted octanol–water partition coefficient (Wildman–Crippen LogP) is 0.833. The summed E-state index contributed by atoms with van der Waals surface area (Å²) in [5.41, 5.74) is 5.97. The molecule has 1 saturated heterocycles. The third-order valence-electron chi connectivity index (χ3n) is 4.69. The minimum atomic E-state index is -2.97. The van der Waals surface area contributed by atoms with Crippen molar-refractivity contribution >= 4 is 15.7 Å². The number of nitrogens with two attached hydrogens (primary N) is 1. The molecular formula is C14H26N2O3S. The first kappa shape index (κ1) is 15.8. The van der Waals surface area contributed by atoms with Crippen molar-refractivity contribution in [2.45, 2.75) is 57.5 Å². The maximum Gasteiger partial charge on any atom is 0.223 e. The van der Waals surface area contributed by atoms with Gasteiger partial charge < -0.3 is 11.1 Å². The number of sulfone groups is 1. The quantitative estimate of drug-likeness (QED) is 0.808. The van der Waals surface area contributed by atoms with Crippen LogP contribution in [0.25, 0.3) is 0 Å². The fraction of sp³-hybridized carbons (Fsp3) is 0.929. The second-order valence-corrected chi connectivity index (χ2v) is 8.67. The van der Waals surface area contributed by atoms with E-state index in [0.717, 1.165) is 32.1 Å². The van der Waals surface area contributed by atoms with E-state index in [1.165, 1.54) is 0 Å². The molecule has 5 nitrogen and oxygen atoms in total. The van der Waals surface area contributed by atoms with Gasteiger partial charge in [-0.3, -0.25) is 4.79 Å². The van der Waals surface area contributed by atoms with Gasteiger partial charge >= 0.3 is 0 Å². The van der Waals surface area contributed by atoms with Crippen LogP contribution >= 0.6 is 0 Å². The zero-order chi connectivity index (χ0) is 14.8. The largest absolute Gasteiger partial charge is 0.352 e. The zero-order valence-corrected chi connectivity index (χ0v) is 13.0. The van der Waals surface area contributed by atoms with Gasteiger partial charge in [-0.25, -0.2) is 8.42 Å². The first-order valence-corrected chi connectivity index (χ1v) is 9.46. The molecule has 4 unspecified atom stereocenters. The Morgan fingerprint density at radius 2 is 2.00 bits per heavy atom. The summed E-state index contributed by atoms with van der Waals surface area (Å²) < 4.78 is 23.2. The Balaban J connectivity index is 1.87. The number of carbonyl (C=O) groups is 1. The van der Waals surface area contributed by atoms with Crippen molar-refractivity contribution in [1.29, 1.82) is 0 Å². The Morgan fingerprint density at radius 3 is 2.65 bits per heavy atom. The molecule has 1 heterocycles. The van der Waals surface area contributed by atoms with E-state index in [2.05, 4.69) is 5.32 Å². The van der Waals surface area contributed by atoms with E-state index >= 15 is 0 Å². The van der Waals surface area contributed by atoms with Gasteiger partial charge in [-0.1, -0.05) is 13.3 Å². The van der Waals surface area contributed by atoms with E-state index in [9.17, 15) is 13.2 Å². The lowest BCUT2D eigenvalue weighted by Gasteiger charge is -2.32. The summed E-state index contributed by atoms with van der Waals surface area (Å²) in [7, 11) is -2.97. The highest BCUT2D eigenvalue weighted by Gasteiger charge is 2.31. The van der Waals surface area contributed by atoms with Crippen LogP contribution in [0.15, 0.2) is 0 Å². The van der Waals surface area contributed by atoms with Gasteiger partial charge in [-0.05, 0) is 38.0 Å². The van der Waals surface area contributed by atoms with E-state index in [1.54, 1.807) is 0 Å². The maximum absolute atomic E-state index is 12.3. The highest BCUT2D eigenvalue weighted by atomic mass is 32.2. The second kappa shape index (κ2) is 6.43. The standard InChI is InChI=1S/C14H26N2O3S/c1-10(11-4-2-5-12(15)8-11)14(17)16-13-6-3-7-20(18,19)9-13/h10-13H,2-9,15H2,1H3,(H,16,17). The first-order valence-electron chi connectivity index (χ1n) is 7.64. The van der Waals surface area contributed by atoms with Gasteiger partial charge in [0.15, 0.2) is 9.84 Å². The Labute approximate surface area is 121 Å². The fourth-order valence-electron chi connectivity index (χ4n) is 3.40. The summed E-state index contributed by atoms with van der Waals surface area (Å²) in [6.45, 7) is 1.94. The van der Waals surface area contributed by atoms with Crippen LogP contribution < -0.4 is 11.1 Å². The molecule has 116 valence electrons. The zero-order valence-electron chi connectivity index (χ0n) is 12.2. The van der Waals surface area contributed by atoms with E-state index in [-0.39, 0.29) is 35.4 Å². The molecule has 0 bridgehead atoms. The van der Waals surface area contributed by atoms with Crippen LogP contribution in [0.3, 0.4) is 0 Å². The number of hydrogen-bond acceptors (Lipinski definition) is 4. The van der Waals surface area contributed by atoms with Gasteiger partial charge in [-0.15, -0.1) is 0 Å². The maximum atomic E-state index is 12.3. The molecule has 0 aromatic heterocycles. The van der Waals surface area contributed by atoms with Gasteiger partial charge in [-0.2, -0.15) is 0 Å². The number of hydrogen-bond donors (Lipinski definition) is 2. The van der Waals surface area contributed by atoms with Gasteiger partial charge in [0.2, 0.25) is 5.91 Å². The topological polar surface area (TPSA) is 89.3 Å². The lowest BCUT2D eigenvalue weighted by Crippen LogP contribution is -2.47. The molecule has 2 fully saturated rings. The molecule has 1 saturated carbocycles. The summed E-state index contributed by atoms with van der Waals surface area (Å²) in [5, 5.41) is 2.93. The molecule has 2 aliphatic rings. The summed E-state index contributed by atoms with van der Waals surface area (Å²) in [4.78, 5) is 12.3. The number of rotatable bonds is 3. The predicted molar refractivity (Wildman–Crippen MR) is 78.9 cm³/mol. The average molecular weight is 302 g/mol. The molecule has 6 heteroatoms. The molecule has 2 rings (SSSR count). The SMILES string of the molecule is CC(C(=O)NC1CCCS(=O)(=O)C1)C1CCCC(N)C1. The summed E-state index contributed by atoms with van der Waals surface area (Å²) in [6.07, 6.45) is 5.49.